The maximum Gasteiger partial charge on any atom is 0.282 e. The van der Waals surface area contributed by atoms with Gasteiger partial charge in [-0.15, -0.1) is 0 Å². The lowest BCUT2D eigenvalue weighted by Gasteiger charge is -2.17. The van der Waals surface area contributed by atoms with Gasteiger partial charge in [0.1, 0.15) is 5.75 Å². The first-order valence-corrected chi connectivity index (χ1v) is 11.5. The summed E-state index contributed by atoms with van der Waals surface area (Å²) >= 11 is 2.26. The van der Waals surface area contributed by atoms with Crippen LogP contribution in [0.15, 0.2) is 70.6 Å². The summed E-state index contributed by atoms with van der Waals surface area (Å²) in [6.45, 7) is 6.23. The number of para-hydroxylation sites is 1. The molecule has 0 saturated heterocycles. The Bertz CT molecular complexity index is 1370. The number of benzene rings is 3. The third-order valence-corrected chi connectivity index (χ3v) is 6.10. The fourth-order valence-electron chi connectivity index (χ4n) is 3.65. The molecule has 0 radical (unpaired) electrons. The first-order valence-electron chi connectivity index (χ1n) is 10.4. The Balaban J connectivity index is 1.98. The zero-order valence-corrected chi connectivity index (χ0v) is 20.6. The highest BCUT2D eigenvalue weighted by atomic mass is 127. The molecule has 0 saturated carbocycles. The minimum Gasteiger partial charge on any atom is -0.496 e. The van der Waals surface area contributed by atoms with Crippen LogP contribution in [-0.2, 0) is 0 Å². The van der Waals surface area contributed by atoms with E-state index in [1.807, 2.05) is 55.5 Å². The predicted molar refractivity (Wildman–Crippen MR) is 139 cm³/mol. The van der Waals surface area contributed by atoms with Gasteiger partial charge in [-0.25, -0.2) is 4.98 Å². The van der Waals surface area contributed by atoms with Gasteiger partial charge < -0.3 is 4.74 Å². The second-order valence-corrected chi connectivity index (χ2v) is 9.18. The minimum absolute atomic E-state index is 0.200. The van der Waals surface area contributed by atoms with E-state index in [9.17, 15) is 4.79 Å². The van der Waals surface area contributed by atoms with Crippen molar-refractivity contribution in [1.82, 2.24) is 9.66 Å². The molecule has 1 aromatic heterocycles. The second-order valence-electron chi connectivity index (χ2n) is 7.93. The van der Waals surface area contributed by atoms with Gasteiger partial charge in [0.2, 0.25) is 0 Å². The highest BCUT2D eigenvalue weighted by Gasteiger charge is 2.18. The normalized spacial score (nSPS) is 11.6. The molecule has 0 spiro atoms. The lowest BCUT2D eigenvalue weighted by molar-refractivity contribution is 0.407. The van der Waals surface area contributed by atoms with Crippen molar-refractivity contribution >= 4 is 39.7 Å². The molecule has 6 heteroatoms. The molecule has 0 aliphatic heterocycles. The molecule has 0 atom stereocenters. The summed E-state index contributed by atoms with van der Waals surface area (Å²) in [6.07, 6.45) is 1.69. The van der Waals surface area contributed by atoms with E-state index in [0.717, 1.165) is 31.6 Å². The van der Waals surface area contributed by atoms with Crippen molar-refractivity contribution in [2.24, 2.45) is 5.10 Å². The summed E-state index contributed by atoms with van der Waals surface area (Å²) < 4.78 is 8.14. The van der Waals surface area contributed by atoms with E-state index in [0.29, 0.717) is 16.7 Å². The van der Waals surface area contributed by atoms with Gasteiger partial charge in [-0.2, -0.15) is 9.78 Å². The van der Waals surface area contributed by atoms with Crippen LogP contribution in [0.25, 0.3) is 22.3 Å². The molecule has 1 heterocycles. The molecule has 4 aromatic rings. The second kappa shape index (κ2) is 9.24. The Morgan fingerprint density at radius 3 is 2.50 bits per heavy atom. The monoisotopic (exact) mass is 537 g/mol. The Labute approximate surface area is 200 Å². The summed E-state index contributed by atoms with van der Waals surface area (Å²) in [5.74, 6) is 1.59. The van der Waals surface area contributed by atoms with Crippen molar-refractivity contribution in [2.45, 2.75) is 26.7 Å². The van der Waals surface area contributed by atoms with Crippen LogP contribution in [-0.4, -0.2) is 23.0 Å². The number of hydrogen-bond donors (Lipinski definition) is 0. The summed E-state index contributed by atoms with van der Waals surface area (Å²) in [4.78, 5) is 18.3. The van der Waals surface area contributed by atoms with Crippen molar-refractivity contribution in [2.75, 3.05) is 7.11 Å². The van der Waals surface area contributed by atoms with E-state index in [4.69, 9.17) is 9.72 Å². The van der Waals surface area contributed by atoms with E-state index in [1.165, 1.54) is 4.68 Å². The maximum atomic E-state index is 13.4. The third kappa shape index (κ3) is 4.32. The van der Waals surface area contributed by atoms with E-state index < -0.39 is 0 Å². The number of aromatic nitrogens is 2. The Hall–Kier alpha value is -3.00. The SMILES string of the molecule is COc1cc(C)c(-c2nc3ccccc3c(=O)n2N=Cc2ccc(I)cc2)cc1C(C)C. The zero-order valence-electron chi connectivity index (χ0n) is 18.5. The lowest BCUT2D eigenvalue weighted by Crippen LogP contribution is -2.20. The van der Waals surface area contributed by atoms with Crippen LogP contribution in [0.3, 0.4) is 0 Å². The molecular weight excluding hydrogens is 513 g/mol. The summed E-state index contributed by atoms with van der Waals surface area (Å²) in [6, 6.07) is 19.4. The molecule has 0 amide bonds. The number of ether oxygens (including phenoxy) is 1. The Kier molecular flexibility index (Phi) is 6.41. The van der Waals surface area contributed by atoms with Gasteiger partial charge in [-0.05, 0) is 88.5 Å². The molecule has 0 aliphatic carbocycles. The quantitative estimate of drug-likeness (QED) is 0.232. The molecule has 4 rings (SSSR count). The molecule has 0 fully saturated rings. The molecule has 3 aromatic carbocycles. The number of halogens is 1. The molecule has 32 heavy (non-hydrogen) atoms. The Morgan fingerprint density at radius 2 is 1.81 bits per heavy atom. The highest BCUT2D eigenvalue weighted by Crippen LogP contribution is 2.34. The first-order chi connectivity index (χ1) is 15.4. The van der Waals surface area contributed by atoms with Gasteiger partial charge in [0.05, 0.1) is 24.2 Å². The number of rotatable bonds is 5. The van der Waals surface area contributed by atoms with Crippen molar-refractivity contribution in [3.63, 3.8) is 0 Å². The van der Waals surface area contributed by atoms with Crippen LogP contribution < -0.4 is 10.3 Å². The molecule has 0 unspecified atom stereocenters. The largest absolute Gasteiger partial charge is 0.496 e. The predicted octanol–water partition coefficient (Wildman–Crippen LogP) is 5.99. The van der Waals surface area contributed by atoms with E-state index in [1.54, 1.807) is 19.4 Å². The molecule has 0 N–H and O–H groups in total. The lowest BCUT2D eigenvalue weighted by atomic mass is 9.96. The van der Waals surface area contributed by atoms with E-state index in [-0.39, 0.29) is 11.5 Å². The average molecular weight is 537 g/mol. The first kappa shape index (κ1) is 22.2. The van der Waals surface area contributed by atoms with Crippen LogP contribution in [0, 0.1) is 10.5 Å². The van der Waals surface area contributed by atoms with Crippen molar-refractivity contribution in [1.29, 1.82) is 0 Å². The van der Waals surface area contributed by atoms with Crippen LogP contribution >= 0.6 is 22.6 Å². The van der Waals surface area contributed by atoms with Gasteiger partial charge in [-0.1, -0.05) is 38.1 Å². The number of fused-ring (bicyclic) bond motifs is 1. The van der Waals surface area contributed by atoms with Crippen molar-refractivity contribution < 1.29 is 4.74 Å². The molecule has 162 valence electrons. The van der Waals surface area contributed by atoms with Crippen LogP contribution in [0.2, 0.25) is 0 Å². The van der Waals surface area contributed by atoms with E-state index >= 15 is 0 Å². The summed E-state index contributed by atoms with van der Waals surface area (Å²) in [5, 5.41) is 5.11. The van der Waals surface area contributed by atoms with Crippen LogP contribution in [0.4, 0.5) is 0 Å². The fourth-order valence-corrected chi connectivity index (χ4v) is 4.01. The number of hydrogen-bond acceptors (Lipinski definition) is 4. The van der Waals surface area contributed by atoms with Crippen molar-refractivity contribution in [3.05, 3.63) is 91.3 Å². The van der Waals surface area contributed by atoms with Gasteiger partial charge in [0.25, 0.3) is 5.56 Å². The smallest absolute Gasteiger partial charge is 0.282 e. The number of methoxy groups -OCH3 is 1. The number of nitrogens with zero attached hydrogens (tertiary/aromatic N) is 3. The fraction of sp³-hybridized carbons (Fsp3) is 0.192. The summed E-state index contributed by atoms with van der Waals surface area (Å²) in [7, 11) is 1.68. The summed E-state index contributed by atoms with van der Waals surface area (Å²) in [5.41, 5.74) is 4.24. The van der Waals surface area contributed by atoms with Gasteiger partial charge in [0.15, 0.2) is 5.82 Å². The van der Waals surface area contributed by atoms with Crippen LogP contribution in [0.5, 0.6) is 5.75 Å². The third-order valence-electron chi connectivity index (χ3n) is 5.39. The topological polar surface area (TPSA) is 56.5 Å². The van der Waals surface area contributed by atoms with Crippen LogP contribution in [0.1, 0.15) is 36.5 Å². The Morgan fingerprint density at radius 1 is 1.09 bits per heavy atom. The van der Waals surface area contributed by atoms with Crippen molar-refractivity contribution in [3.8, 4) is 17.1 Å². The van der Waals surface area contributed by atoms with Gasteiger partial charge in [-0.3, -0.25) is 4.79 Å². The zero-order chi connectivity index (χ0) is 22.8. The average Bonchev–Trinajstić information content (AvgIpc) is 2.79. The molecular formula is C26H24IN3O2. The highest BCUT2D eigenvalue weighted by molar-refractivity contribution is 14.1. The minimum atomic E-state index is -0.200. The molecule has 0 bridgehead atoms. The molecule has 5 nitrogen and oxygen atoms in total. The van der Waals surface area contributed by atoms with E-state index in [2.05, 4.69) is 47.6 Å². The standard InChI is InChI=1S/C26H24IN3O2/c1-16(2)21-14-22(17(3)13-24(21)32-4)25-29-23-8-6-5-7-20(23)26(31)30(25)28-15-18-9-11-19(27)12-10-18/h5-16H,1-4H3. The number of aryl methyl sites for hydroxylation is 1. The van der Waals surface area contributed by atoms with Gasteiger partial charge in [0, 0.05) is 9.13 Å². The van der Waals surface area contributed by atoms with Gasteiger partial charge >= 0.3 is 0 Å². The maximum absolute atomic E-state index is 13.4. The molecule has 0 aliphatic rings.